The quantitative estimate of drug-likeness (QED) is 0.780. The molecule has 2 aromatic heterocycles. The van der Waals surface area contributed by atoms with Gasteiger partial charge in [0.2, 0.25) is 5.89 Å². The molecule has 0 fully saturated rings. The number of H-pyrrole nitrogens is 1. The number of aromatic amines is 1. The molecule has 5 nitrogen and oxygen atoms in total. The van der Waals surface area contributed by atoms with Crippen molar-refractivity contribution in [3.05, 3.63) is 42.2 Å². The number of para-hydroxylation sites is 2. The minimum Gasteiger partial charge on any atom is -0.437 e. The molecule has 0 saturated heterocycles. The Morgan fingerprint density at radius 1 is 1.21 bits per heavy atom. The lowest BCUT2D eigenvalue weighted by molar-refractivity contribution is 0.589. The van der Waals surface area contributed by atoms with Gasteiger partial charge >= 0.3 is 0 Å². The number of nitrogens with zero attached hydrogens (tertiary/aromatic N) is 3. The van der Waals surface area contributed by atoms with Crippen LogP contribution in [0.15, 0.2) is 34.9 Å². The van der Waals surface area contributed by atoms with E-state index in [1.807, 2.05) is 49.3 Å². The molecule has 0 radical (unpaired) electrons. The Labute approximate surface area is 110 Å². The Hall–Kier alpha value is -2.56. The summed E-state index contributed by atoms with van der Waals surface area (Å²) in [5.74, 6) is 2.30. The number of nitrogens with one attached hydrogen (secondary N) is 1. The van der Waals surface area contributed by atoms with Crippen LogP contribution in [0, 0.1) is 0 Å². The lowest BCUT2D eigenvalue weighted by Crippen LogP contribution is -2.08. The van der Waals surface area contributed by atoms with Crippen molar-refractivity contribution in [1.29, 1.82) is 0 Å². The van der Waals surface area contributed by atoms with E-state index in [1.165, 1.54) is 0 Å². The van der Waals surface area contributed by atoms with Gasteiger partial charge in [-0.15, -0.1) is 0 Å². The number of hydrogen-bond donors (Lipinski definition) is 1. The zero-order valence-corrected chi connectivity index (χ0v) is 10.8. The maximum absolute atomic E-state index is 5.59. The van der Waals surface area contributed by atoms with Crippen molar-refractivity contribution in [3.63, 3.8) is 0 Å². The molecule has 0 aliphatic carbocycles. The summed E-state index contributed by atoms with van der Waals surface area (Å²) in [5, 5.41) is 0. The Morgan fingerprint density at radius 3 is 2.79 bits per heavy atom. The zero-order valence-electron chi connectivity index (χ0n) is 10.8. The highest BCUT2D eigenvalue weighted by Crippen LogP contribution is 2.16. The molecular formula is C14H14N4O. The first-order valence-electron chi connectivity index (χ1n) is 5.98. The summed E-state index contributed by atoms with van der Waals surface area (Å²) in [7, 11) is 3.92. The highest BCUT2D eigenvalue weighted by molar-refractivity contribution is 5.75. The Bertz CT molecular complexity index is 691. The van der Waals surface area contributed by atoms with Gasteiger partial charge in [0.25, 0.3) is 0 Å². The van der Waals surface area contributed by atoms with Crippen LogP contribution in [0.25, 0.3) is 23.3 Å². The van der Waals surface area contributed by atoms with Gasteiger partial charge < -0.3 is 14.3 Å². The van der Waals surface area contributed by atoms with Gasteiger partial charge in [-0.2, -0.15) is 0 Å². The second kappa shape index (κ2) is 4.61. The van der Waals surface area contributed by atoms with Crippen LogP contribution >= 0.6 is 0 Å². The summed E-state index contributed by atoms with van der Waals surface area (Å²) in [6.45, 7) is 0. The number of oxazole rings is 1. The summed E-state index contributed by atoms with van der Waals surface area (Å²) in [6, 6.07) is 7.69. The van der Waals surface area contributed by atoms with Gasteiger partial charge in [-0.3, -0.25) is 0 Å². The monoisotopic (exact) mass is 254 g/mol. The van der Waals surface area contributed by atoms with Crippen LogP contribution in [-0.2, 0) is 0 Å². The molecular weight excluding hydrogens is 240 g/mol. The Kier molecular flexibility index (Phi) is 2.79. The smallest absolute Gasteiger partial charge is 0.220 e. The van der Waals surface area contributed by atoms with Crippen molar-refractivity contribution in [2.24, 2.45) is 0 Å². The van der Waals surface area contributed by atoms with Gasteiger partial charge in [-0.05, 0) is 18.2 Å². The average Bonchev–Trinajstić information content (AvgIpc) is 3.02. The maximum Gasteiger partial charge on any atom is 0.220 e. The Balaban J connectivity index is 1.84. The lowest BCUT2D eigenvalue weighted by atomic mass is 10.3. The van der Waals surface area contributed by atoms with Crippen molar-refractivity contribution in [2.45, 2.75) is 0 Å². The predicted molar refractivity (Wildman–Crippen MR) is 75.9 cm³/mol. The molecule has 19 heavy (non-hydrogen) atoms. The van der Waals surface area contributed by atoms with E-state index >= 15 is 0 Å². The van der Waals surface area contributed by atoms with Crippen molar-refractivity contribution in [1.82, 2.24) is 15.0 Å². The number of fused-ring (bicyclic) bond motifs is 1. The molecule has 1 aromatic carbocycles. The molecule has 0 aliphatic rings. The Morgan fingerprint density at radius 2 is 2.05 bits per heavy atom. The van der Waals surface area contributed by atoms with Crippen LogP contribution in [0.2, 0.25) is 0 Å². The van der Waals surface area contributed by atoms with Crippen molar-refractivity contribution < 1.29 is 4.42 Å². The first kappa shape index (κ1) is 11.5. The normalized spacial score (nSPS) is 11.5. The standard InChI is InChI=1S/C14H14N4O/c1-18(2)13-9-15-12(17-13)7-8-14-16-10-5-3-4-6-11(10)19-14/h3-9H,1-2H3,(H,15,17). The minimum atomic E-state index is 0.573. The van der Waals surface area contributed by atoms with Crippen molar-refractivity contribution in [2.75, 3.05) is 19.0 Å². The van der Waals surface area contributed by atoms with E-state index < -0.39 is 0 Å². The SMILES string of the molecule is CN(C)c1cnc(C=Cc2nc3ccccc3o2)[nH]1. The van der Waals surface area contributed by atoms with E-state index in [0.717, 1.165) is 22.7 Å². The van der Waals surface area contributed by atoms with Crippen LogP contribution in [0.1, 0.15) is 11.7 Å². The van der Waals surface area contributed by atoms with E-state index in [0.29, 0.717) is 5.89 Å². The van der Waals surface area contributed by atoms with E-state index in [2.05, 4.69) is 15.0 Å². The number of anilines is 1. The minimum absolute atomic E-state index is 0.573. The second-order valence-corrected chi connectivity index (χ2v) is 4.40. The van der Waals surface area contributed by atoms with E-state index in [9.17, 15) is 0 Å². The van der Waals surface area contributed by atoms with E-state index in [1.54, 1.807) is 12.3 Å². The molecule has 5 heteroatoms. The highest BCUT2D eigenvalue weighted by Gasteiger charge is 2.02. The van der Waals surface area contributed by atoms with Crippen LogP contribution < -0.4 is 4.90 Å². The summed E-state index contributed by atoms with van der Waals surface area (Å²) in [4.78, 5) is 13.8. The largest absolute Gasteiger partial charge is 0.437 e. The molecule has 0 spiro atoms. The summed E-state index contributed by atoms with van der Waals surface area (Å²) >= 11 is 0. The van der Waals surface area contributed by atoms with Crippen molar-refractivity contribution in [3.8, 4) is 0 Å². The number of benzene rings is 1. The van der Waals surface area contributed by atoms with Crippen LogP contribution in [0.5, 0.6) is 0 Å². The van der Waals surface area contributed by atoms with Crippen LogP contribution in [0.3, 0.4) is 0 Å². The molecule has 2 heterocycles. The second-order valence-electron chi connectivity index (χ2n) is 4.40. The molecule has 0 aliphatic heterocycles. The zero-order chi connectivity index (χ0) is 13.2. The fourth-order valence-corrected chi connectivity index (χ4v) is 1.75. The molecule has 3 rings (SSSR count). The highest BCUT2D eigenvalue weighted by atomic mass is 16.3. The molecule has 3 aromatic rings. The van der Waals surface area contributed by atoms with Gasteiger partial charge in [-0.25, -0.2) is 9.97 Å². The topological polar surface area (TPSA) is 58.0 Å². The van der Waals surface area contributed by atoms with Gasteiger partial charge in [0, 0.05) is 20.2 Å². The number of hydrogen-bond acceptors (Lipinski definition) is 4. The van der Waals surface area contributed by atoms with Gasteiger partial charge in [0.05, 0.1) is 6.20 Å². The van der Waals surface area contributed by atoms with Gasteiger partial charge in [0.1, 0.15) is 17.2 Å². The fraction of sp³-hybridized carbons (Fsp3) is 0.143. The number of imidazole rings is 1. The van der Waals surface area contributed by atoms with E-state index in [-0.39, 0.29) is 0 Å². The third-order valence-electron chi connectivity index (χ3n) is 2.76. The number of aromatic nitrogens is 3. The van der Waals surface area contributed by atoms with E-state index in [4.69, 9.17) is 4.42 Å². The fourth-order valence-electron chi connectivity index (χ4n) is 1.75. The van der Waals surface area contributed by atoms with Gasteiger partial charge in [0.15, 0.2) is 5.58 Å². The summed E-state index contributed by atoms with van der Waals surface area (Å²) < 4.78 is 5.59. The lowest BCUT2D eigenvalue weighted by Gasteiger charge is -2.06. The maximum atomic E-state index is 5.59. The third kappa shape index (κ3) is 2.35. The third-order valence-corrected chi connectivity index (χ3v) is 2.76. The molecule has 96 valence electrons. The van der Waals surface area contributed by atoms with Crippen molar-refractivity contribution >= 4 is 29.1 Å². The number of rotatable bonds is 3. The van der Waals surface area contributed by atoms with Crippen LogP contribution in [-0.4, -0.2) is 29.0 Å². The average molecular weight is 254 g/mol. The first-order chi connectivity index (χ1) is 9.22. The summed E-state index contributed by atoms with van der Waals surface area (Å²) in [6.07, 6.45) is 5.43. The molecule has 0 atom stereocenters. The molecule has 0 saturated carbocycles. The molecule has 0 unspecified atom stereocenters. The molecule has 1 N–H and O–H groups in total. The molecule has 0 bridgehead atoms. The summed E-state index contributed by atoms with van der Waals surface area (Å²) in [5.41, 5.74) is 1.64. The van der Waals surface area contributed by atoms with Crippen LogP contribution in [0.4, 0.5) is 5.82 Å². The predicted octanol–water partition coefficient (Wildman–Crippen LogP) is 2.79. The van der Waals surface area contributed by atoms with Gasteiger partial charge in [-0.1, -0.05) is 12.1 Å². The first-order valence-corrected chi connectivity index (χ1v) is 5.98. The molecule has 0 amide bonds.